The highest BCUT2D eigenvalue weighted by Crippen LogP contribution is 2.32. The van der Waals surface area contributed by atoms with Crippen molar-refractivity contribution in [2.24, 2.45) is 0 Å². The number of sulfonamides is 1. The highest BCUT2D eigenvalue weighted by molar-refractivity contribution is 7.92. The van der Waals surface area contributed by atoms with Gasteiger partial charge in [-0.3, -0.25) is 4.72 Å². The second kappa shape index (κ2) is 5.88. The first-order valence-corrected chi connectivity index (χ1v) is 8.75. The predicted octanol–water partition coefficient (Wildman–Crippen LogP) is 2.63. The van der Waals surface area contributed by atoms with Crippen molar-refractivity contribution in [2.45, 2.75) is 11.8 Å². The normalized spacial score (nSPS) is 11.6. The molecular formula is C15H14ClN3O4S. The lowest BCUT2D eigenvalue weighted by Crippen LogP contribution is -2.13. The van der Waals surface area contributed by atoms with Gasteiger partial charge < -0.3 is 14.7 Å². The Labute approximate surface area is 142 Å². The van der Waals surface area contributed by atoms with Crippen LogP contribution in [0.2, 0.25) is 5.02 Å². The van der Waals surface area contributed by atoms with E-state index in [4.69, 9.17) is 16.3 Å². The molecule has 0 amide bonds. The van der Waals surface area contributed by atoms with Gasteiger partial charge >= 0.3 is 5.69 Å². The van der Waals surface area contributed by atoms with Crippen molar-refractivity contribution >= 4 is 38.3 Å². The number of benzene rings is 2. The molecule has 0 saturated heterocycles. The van der Waals surface area contributed by atoms with Crippen LogP contribution in [0.25, 0.3) is 11.0 Å². The van der Waals surface area contributed by atoms with E-state index in [2.05, 4.69) is 14.7 Å². The van der Waals surface area contributed by atoms with E-state index in [1.807, 2.05) is 0 Å². The molecule has 0 radical (unpaired) electrons. The number of imidazole rings is 1. The van der Waals surface area contributed by atoms with Crippen LogP contribution < -0.4 is 15.1 Å². The number of anilines is 1. The van der Waals surface area contributed by atoms with E-state index >= 15 is 0 Å². The summed E-state index contributed by atoms with van der Waals surface area (Å²) in [6, 6.07) is 7.44. The summed E-state index contributed by atoms with van der Waals surface area (Å²) in [5.74, 6) is 0.310. The first-order valence-electron chi connectivity index (χ1n) is 6.89. The second-order valence-electron chi connectivity index (χ2n) is 5.19. The number of rotatable bonds is 4. The molecule has 3 N–H and O–H groups in total. The average molecular weight is 368 g/mol. The van der Waals surface area contributed by atoms with E-state index < -0.39 is 15.7 Å². The van der Waals surface area contributed by atoms with E-state index in [-0.39, 0.29) is 10.6 Å². The molecular weight excluding hydrogens is 354 g/mol. The number of ether oxygens (including phenoxy) is 1. The third kappa shape index (κ3) is 2.98. The van der Waals surface area contributed by atoms with Crippen LogP contribution in [0.4, 0.5) is 5.69 Å². The quantitative estimate of drug-likeness (QED) is 0.659. The summed E-state index contributed by atoms with van der Waals surface area (Å²) in [6.45, 7) is 1.76. The van der Waals surface area contributed by atoms with Crippen molar-refractivity contribution in [3.8, 4) is 5.75 Å². The zero-order valence-electron chi connectivity index (χ0n) is 12.8. The minimum Gasteiger partial charge on any atom is -0.495 e. The molecule has 3 rings (SSSR count). The summed E-state index contributed by atoms with van der Waals surface area (Å²) in [5, 5.41) is 0.473. The van der Waals surface area contributed by atoms with Crippen molar-refractivity contribution in [3.05, 3.63) is 51.4 Å². The van der Waals surface area contributed by atoms with Crippen molar-refractivity contribution in [1.82, 2.24) is 9.97 Å². The molecule has 0 aliphatic rings. The minimum absolute atomic E-state index is 0.0138. The Morgan fingerprint density at radius 2 is 1.83 bits per heavy atom. The summed E-state index contributed by atoms with van der Waals surface area (Å²) in [7, 11) is -2.44. The number of H-pyrrole nitrogens is 2. The van der Waals surface area contributed by atoms with Crippen LogP contribution in [-0.2, 0) is 10.0 Å². The lowest BCUT2D eigenvalue weighted by atomic mass is 10.2. The molecule has 0 fully saturated rings. The number of fused-ring (bicyclic) bond motifs is 1. The molecule has 0 bridgehead atoms. The largest absolute Gasteiger partial charge is 0.495 e. The van der Waals surface area contributed by atoms with E-state index in [1.54, 1.807) is 19.1 Å². The van der Waals surface area contributed by atoms with Crippen molar-refractivity contribution < 1.29 is 13.2 Å². The molecule has 0 saturated carbocycles. The number of halogens is 1. The van der Waals surface area contributed by atoms with Gasteiger partial charge in [0.2, 0.25) is 0 Å². The first kappa shape index (κ1) is 16.4. The molecule has 0 aliphatic carbocycles. The van der Waals surface area contributed by atoms with Gasteiger partial charge in [-0.2, -0.15) is 0 Å². The van der Waals surface area contributed by atoms with E-state index in [9.17, 15) is 13.2 Å². The number of hydrogen-bond acceptors (Lipinski definition) is 4. The third-order valence-electron chi connectivity index (χ3n) is 3.52. The fourth-order valence-electron chi connectivity index (χ4n) is 2.29. The number of hydrogen-bond donors (Lipinski definition) is 3. The second-order valence-corrected chi connectivity index (χ2v) is 7.28. The van der Waals surface area contributed by atoms with Crippen LogP contribution in [0.1, 0.15) is 5.56 Å². The predicted molar refractivity (Wildman–Crippen MR) is 92.5 cm³/mol. The Bertz CT molecular complexity index is 1090. The molecule has 1 heterocycles. The van der Waals surface area contributed by atoms with Gasteiger partial charge in [0.1, 0.15) is 5.75 Å². The Balaban J connectivity index is 2.04. The lowest BCUT2D eigenvalue weighted by Gasteiger charge is -2.13. The van der Waals surface area contributed by atoms with Gasteiger partial charge in [0.15, 0.2) is 0 Å². The SMILES string of the molecule is COc1cc(Cl)c(C)cc1NS(=O)(=O)c1ccc2[nH]c(=O)[nH]c2c1. The summed E-state index contributed by atoms with van der Waals surface area (Å²) in [6.07, 6.45) is 0. The smallest absolute Gasteiger partial charge is 0.323 e. The molecule has 24 heavy (non-hydrogen) atoms. The Kier molecular flexibility index (Phi) is 4.02. The van der Waals surface area contributed by atoms with Gasteiger partial charge in [0.25, 0.3) is 10.0 Å². The Morgan fingerprint density at radius 1 is 1.12 bits per heavy atom. The number of aryl methyl sites for hydroxylation is 1. The topological polar surface area (TPSA) is 104 Å². The molecule has 1 aromatic heterocycles. The summed E-state index contributed by atoms with van der Waals surface area (Å²) >= 11 is 6.03. The fourth-order valence-corrected chi connectivity index (χ4v) is 3.54. The molecule has 126 valence electrons. The molecule has 0 atom stereocenters. The van der Waals surface area contributed by atoms with Crippen LogP contribution in [0.5, 0.6) is 5.75 Å². The average Bonchev–Trinajstić information content (AvgIpc) is 2.89. The first-order chi connectivity index (χ1) is 11.3. The number of nitrogens with one attached hydrogen (secondary N) is 3. The molecule has 2 aromatic carbocycles. The highest BCUT2D eigenvalue weighted by Gasteiger charge is 2.18. The number of aromatic amines is 2. The summed E-state index contributed by atoms with van der Waals surface area (Å²) < 4.78 is 32.9. The number of aromatic nitrogens is 2. The van der Waals surface area contributed by atoms with Gasteiger partial charge in [-0.05, 0) is 36.8 Å². The van der Waals surface area contributed by atoms with Crippen LogP contribution in [-0.4, -0.2) is 25.5 Å². The van der Waals surface area contributed by atoms with Crippen LogP contribution in [0.15, 0.2) is 40.0 Å². The van der Waals surface area contributed by atoms with Gasteiger partial charge in [0.05, 0.1) is 28.7 Å². The summed E-state index contributed by atoms with van der Waals surface area (Å²) in [5.41, 5.74) is 1.52. The van der Waals surface area contributed by atoms with Crippen molar-refractivity contribution in [3.63, 3.8) is 0 Å². The van der Waals surface area contributed by atoms with E-state index in [0.717, 1.165) is 0 Å². The third-order valence-corrected chi connectivity index (χ3v) is 5.29. The Morgan fingerprint density at radius 3 is 2.54 bits per heavy atom. The van der Waals surface area contributed by atoms with E-state index in [0.29, 0.717) is 27.4 Å². The zero-order valence-corrected chi connectivity index (χ0v) is 14.4. The summed E-state index contributed by atoms with van der Waals surface area (Å²) in [4.78, 5) is 16.4. The highest BCUT2D eigenvalue weighted by atomic mass is 35.5. The van der Waals surface area contributed by atoms with Gasteiger partial charge in [-0.1, -0.05) is 11.6 Å². The van der Waals surface area contributed by atoms with Gasteiger partial charge in [-0.15, -0.1) is 0 Å². The van der Waals surface area contributed by atoms with Gasteiger partial charge in [0, 0.05) is 11.1 Å². The van der Waals surface area contributed by atoms with Crippen molar-refractivity contribution in [2.75, 3.05) is 11.8 Å². The molecule has 0 aliphatic heterocycles. The molecule has 0 unspecified atom stereocenters. The lowest BCUT2D eigenvalue weighted by molar-refractivity contribution is 0.417. The number of methoxy groups -OCH3 is 1. The molecule has 9 heteroatoms. The van der Waals surface area contributed by atoms with Crippen LogP contribution >= 0.6 is 11.6 Å². The maximum Gasteiger partial charge on any atom is 0.323 e. The maximum atomic E-state index is 12.6. The zero-order chi connectivity index (χ0) is 17.5. The maximum absolute atomic E-state index is 12.6. The molecule has 7 nitrogen and oxygen atoms in total. The van der Waals surface area contributed by atoms with Crippen LogP contribution in [0, 0.1) is 6.92 Å². The Hall–Kier alpha value is -2.45. The van der Waals surface area contributed by atoms with Crippen LogP contribution in [0.3, 0.4) is 0 Å². The minimum atomic E-state index is -3.87. The monoisotopic (exact) mass is 367 g/mol. The molecule has 3 aromatic rings. The standard InChI is InChI=1S/C15H14ClN3O4S/c1-8-5-13(14(23-2)7-10(8)16)19-24(21,22)9-3-4-11-12(6-9)18-15(20)17-11/h3-7,19H,1-2H3,(H2,17,18,20). The van der Waals surface area contributed by atoms with E-state index in [1.165, 1.54) is 25.3 Å². The fraction of sp³-hybridized carbons (Fsp3) is 0.133. The van der Waals surface area contributed by atoms with Gasteiger partial charge in [-0.25, -0.2) is 13.2 Å². The molecule has 0 spiro atoms. The van der Waals surface area contributed by atoms with Crippen molar-refractivity contribution in [1.29, 1.82) is 0 Å².